The molecule has 1 atom stereocenters. The molecule has 0 saturated heterocycles. The van der Waals surface area contributed by atoms with Crippen molar-refractivity contribution in [2.45, 2.75) is 26.8 Å². The summed E-state index contributed by atoms with van der Waals surface area (Å²) in [4.78, 5) is 14.8. The Morgan fingerprint density at radius 3 is 2.62 bits per heavy atom. The zero-order valence-corrected chi connectivity index (χ0v) is 23.1. The van der Waals surface area contributed by atoms with E-state index in [4.69, 9.17) is 21.4 Å². The van der Waals surface area contributed by atoms with E-state index >= 15 is 0 Å². The van der Waals surface area contributed by atoms with Gasteiger partial charge in [-0.15, -0.1) is 0 Å². The second kappa shape index (κ2) is 9.92. The van der Waals surface area contributed by atoms with Crippen LogP contribution in [0, 0.1) is 18.3 Å². The summed E-state index contributed by atoms with van der Waals surface area (Å²) in [5.74, 6) is 0.549. The monoisotopic (exact) mass is 573 g/mol. The van der Waals surface area contributed by atoms with E-state index in [9.17, 15) is 5.26 Å². The molecule has 4 heterocycles. The summed E-state index contributed by atoms with van der Waals surface area (Å²) < 4.78 is 8.82. The van der Waals surface area contributed by atoms with Gasteiger partial charge in [-0.05, 0) is 0 Å². The fourth-order valence-corrected chi connectivity index (χ4v) is 5.24. The molecule has 184 valence electrons. The van der Waals surface area contributed by atoms with Crippen LogP contribution in [0.4, 0.5) is 0 Å². The fraction of sp³-hybridized carbons (Fsp3) is 0.240. The van der Waals surface area contributed by atoms with Crippen LogP contribution in [0.2, 0.25) is 5.02 Å². The minimum absolute atomic E-state index is 0.310. The van der Waals surface area contributed by atoms with Crippen LogP contribution in [-0.2, 0) is 7.05 Å². The molecule has 2 radical (unpaired) electrons. The van der Waals surface area contributed by atoms with Crippen LogP contribution in [0.3, 0.4) is 0 Å². The summed E-state index contributed by atoms with van der Waals surface area (Å²) in [5, 5.41) is 24.4. The van der Waals surface area contributed by atoms with E-state index in [1.165, 1.54) is 11.1 Å². The molecule has 0 aliphatic carbocycles. The van der Waals surface area contributed by atoms with Gasteiger partial charge in [0.05, 0.1) is 6.20 Å². The molecule has 0 amide bonds. The van der Waals surface area contributed by atoms with Gasteiger partial charge in [-0.1, -0.05) is 0 Å². The SMILES string of the molecule is CCOc1c(C(C)n2nc(C)c3c([As])ncnc32)cc(Cl)c(C#N)c1-c1ccc(-c2cnn(C)n2)nc1. The number of ether oxygens (including phenoxy) is 1. The van der Waals surface area contributed by atoms with E-state index in [1.54, 1.807) is 25.5 Å². The van der Waals surface area contributed by atoms with E-state index in [-0.39, 0.29) is 6.04 Å². The van der Waals surface area contributed by atoms with E-state index in [2.05, 4.69) is 48.1 Å². The Morgan fingerprint density at radius 1 is 1.16 bits per heavy atom. The number of hydrogen-bond acceptors (Lipinski definition) is 8. The van der Waals surface area contributed by atoms with Crippen molar-refractivity contribution in [1.29, 1.82) is 5.26 Å². The first-order chi connectivity index (χ1) is 17.8. The summed E-state index contributed by atoms with van der Waals surface area (Å²) in [6, 6.07) is 7.42. The van der Waals surface area contributed by atoms with Gasteiger partial charge in [-0.3, -0.25) is 0 Å². The molecule has 5 aromatic rings. The molecule has 1 aromatic carbocycles. The van der Waals surface area contributed by atoms with Crippen LogP contribution in [-0.4, -0.2) is 63.2 Å². The van der Waals surface area contributed by atoms with Gasteiger partial charge in [0.15, 0.2) is 0 Å². The molecule has 0 aliphatic heterocycles. The van der Waals surface area contributed by atoms with Crippen molar-refractivity contribution in [3.8, 4) is 34.3 Å². The van der Waals surface area contributed by atoms with Crippen molar-refractivity contribution in [2.24, 2.45) is 7.05 Å². The molecule has 37 heavy (non-hydrogen) atoms. The predicted molar refractivity (Wildman–Crippen MR) is 140 cm³/mol. The van der Waals surface area contributed by atoms with Crippen molar-refractivity contribution < 1.29 is 4.74 Å². The third kappa shape index (κ3) is 4.35. The summed E-state index contributed by atoms with van der Waals surface area (Å²) >= 11 is 9.15. The van der Waals surface area contributed by atoms with E-state index in [0.717, 1.165) is 21.1 Å². The van der Waals surface area contributed by atoms with Crippen LogP contribution in [0.25, 0.3) is 33.5 Å². The maximum absolute atomic E-state index is 10.0. The molecule has 5 rings (SSSR count). The second-order valence-electron chi connectivity index (χ2n) is 8.32. The molecule has 4 aromatic heterocycles. The number of halogens is 1. The predicted octanol–water partition coefficient (Wildman–Crippen LogP) is 3.32. The zero-order chi connectivity index (χ0) is 26.3. The Morgan fingerprint density at radius 2 is 1.97 bits per heavy atom. The first kappa shape index (κ1) is 24.9. The van der Waals surface area contributed by atoms with Gasteiger partial charge in [-0.25, -0.2) is 0 Å². The van der Waals surface area contributed by atoms with Crippen molar-refractivity contribution in [3.63, 3.8) is 0 Å². The molecule has 12 heteroatoms. The topological polar surface area (TPSA) is 120 Å². The van der Waals surface area contributed by atoms with Gasteiger partial charge in [0.25, 0.3) is 0 Å². The molecule has 0 bridgehead atoms. The van der Waals surface area contributed by atoms with Crippen LogP contribution < -0.4 is 9.22 Å². The Kier molecular flexibility index (Phi) is 6.67. The van der Waals surface area contributed by atoms with Crippen molar-refractivity contribution in [3.05, 3.63) is 58.8 Å². The molecule has 1 unspecified atom stereocenters. The Bertz CT molecular complexity index is 1670. The molecular formula is C25H21AsClN9O. The third-order valence-electron chi connectivity index (χ3n) is 6.04. The quantitative estimate of drug-likeness (QED) is 0.284. The van der Waals surface area contributed by atoms with Crippen LogP contribution in [0.15, 0.2) is 36.9 Å². The zero-order valence-electron chi connectivity index (χ0n) is 20.5. The molecule has 0 aliphatic rings. The van der Waals surface area contributed by atoms with Crippen LogP contribution in [0.1, 0.15) is 36.7 Å². The maximum atomic E-state index is 10.0. The number of rotatable bonds is 6. The van der Waals surface area contributed by atoms with Gasteiger partial charge < -0.3 is 0 Å². The summed E-state index contributed by atoms with van der Waals surface area (Å²) in [7, 11) is 1.75. The normalized spacial score (nSPS) is 12.0. The van der Waals surface area contributed by atoms with E-state index in [0.29, 0.717) is 51.1 Å². The first-order valence-electron chi connectivity index (χ1n) is 11.4. The number of benzene rings is 1. The number of pyridine rings is 1. The van der Waals surface area contributed by atoms with Gasteiger partial charge in [0.1, 0.15) is 5.69 Å². The number of aromatic nitrogens is 8. The van der Waals surface area contributed by atoms with E-state index < -0.39 is 0 Å². The molecule has 0 fully saturated rings. The molecule has 0 spiro atoms. The second-order valence-corrected chi connectivity index (χ2v) is 9.62. The molecule has 0 N–H and O–H groups in total. The van der Waals surface area contributed by atoms with Gasteiger partial charge in [0.2, 0.25) is 0 Å². The van der Waals surface area contributed by atoms with Gasteiger partial charge >= 0.3 is 193 Å². The van der Waals surface area contributed by atoms with Gasteiger partial charge in [-0.2, -0.15) is 15.0 Å². The van der Waals surface area contributed by atoms with Crippen molar-refractivity contribution in [2.75, 3.05) is 6.61 Å². The van der Waals surface area contributed by atoms with Crippen molar-refractivity contribution in [1.82, 2.24) is 39.7 Å². The van der Waals surface area contributed by atoms with Crippen LogP contribution in [0.5, 0.6) is 5.75 Å². The number of fused-ring (bicyclic) bond motifs is 1. The third-order valence-corrected chi connectivity index (χ3v) is 7.05. The number of hydrogen-bond donors (Lipinski definition) is 0. The number of aryl methyl sites for hydroxylation is 2. The molecule has 0 saturated carbocycles. The average molecular weight is 574 g/mol. The molecular weight excluding hydrogens is 553 g/mol. The summed E-state index contributed by atoms with van der Waals surface area (Å²) in [6.07, 6.45) is 4.86. The summed E-state index contributed by atoms with van der Waals surface area (Å²) in [6.45, 7) is 6.21. The first-order valence-corrected chi connectivity index (χ1v) is 12.8. The Hall–Kier alpha value is -3.80. The van der Waals surface area contributed by atoms with Crippen molar-refractivity contribution >= 4 is 44.0 Å². The minimum atomic E-state index is -0.310. The number of nitriles is 1. The number of nitrogens with zero attached hydrogens (tertiary/aromatic N) is 9. The Balaban J connectivity index is 1.70. The Labute approximate surface area is 226 Å². The average Bonchev–Trinajstić information content (AvgIpc) is 3.48. The van der Waals surface area contributed by atoms with Crippen LogP contribution >= 0.6 is 11.6 Å². The van der Waals surface area contributed by atoms with E-state index in [1.807, 2.05) is 37.6 Å². The standard InChI is InChI=1S/C25H21AsClN9O/c1-5-37-23-16(14(3)36-25-21(13(2)33-36)24(26)30-12-31-25)8-18(27)17(9-28)22(23)15-6-7-19(29-10-15)20-11-32-35(4)34-20/h6-8,10-12,14H,5H2,1-4H3. The molecule has 10 nitrogen and oxygen atoms in total. The summed E-state index contributed by atoms with van der Waals surface area (Å²) in [5.41, 5.74) is 5.19. The van der Waals surface area contributed by atoms with Gasteiger partial charge in [0, 0.05) is 7.05 Å². The fourth-order valence-electron chi connectivity index (χ4n) is 4.33.